The molecule has 0 saturated carbocycles. The fraction of sp³-hybridized carbons (Fsp3) is 0.290. The summed E-state index contributed by atoms with van der Waals surface area (Å²) >= 11 is 0. The van der Waals surface area contributed by atoms with Crippen LogP contribution in [0.25, 0.3) is 0 Å². The highest BCUT2D eigenvalue weighted by atomic mass is 16.2. The third-order valence-corrected chi connectivity index (χ3v) is 7.90. The number of nitrogens with one attached hydrogen (secondary N) is 1. The van der Waals surface area contributed by atoms with E-state index in [4.69, 9.17) is 0 Å². The van der Waals surface area contributed by atoms with Gasteiger partial charge in [-0.25, -0.2) is 0 Å². The summed E-state index contributed by atoms with van der Waals surface area (Å²) in [5, 5.41) is 3.24. The van der Waals surface area contributed by atoms with Gasteiger partial charge in [0.15, 0.2) is 0 Å². The fourth-order valence-electron chi connectivity index (χ4n) is 6.14. The highest BCUT2D eigenvalue weighted by molar-refractivity contribution is 5.79. The molecule has 35 heavy (non-hydrogen) atoms. The number of piperidine rings is 1. The maximum absolute atomic E-state index is 12.8. The van der Waals surface area contributed by atoms with Crippen LogP contribution >= 0.6 is 0 Å². The number of rotatable bonds is 4. The van der Waals surface area contributed by atoms with E-state index in [1.54, 1.807) is 0 Å². The minimum absolute atomic E-state index is 0.299. The Balaban J connectivity index is 1.34. The summed E-state index contributed by atoms with van der Waals surface area (Å²) in [6.07, 6.45) is 4.24. The van der Waals surface area contributed by atoms with Crippen LogP contribution in [-0.4, -0.2) is 13.1 Å². The van der Waals surface area contributed by atoms with E-state index in [-0.39, 0.29) is 5.43 Å². The Kier molecular flexibility index (Phi) is 5.52. The molecule has 4 nitrogen and oxygen atoms in total. The molecule has 4 heteroatoms. The molecule has 0 radical (unpaired) electrons. The first kappa shape index (κ1) is 21.8. The molecule has 4 aromatic carbocycles. The van der Waals surface area contributed by atoms with E-state index in [0.29, 0.717) is 23.2 Å². The molecule has 2 aliphatic rings. The van der Waals surface area contributed by atoms with Crippen molar-refractivity contribution in [3.63, 3.8) is 0 Å². The zero-order valence-electron chi connectivity index (χ0n) is 20.1. The Morgan fingerprint density at radius 3 is 2.09 bits per heavy atom. The lowest BCUT2D eigenvalue weighted by atomic mass is 9.75. The molecular weight excluding hydrogens is 432 g/mol. The third kappa shape index (κ3) is 3.87. The van der Waals surface area contributed by atoms with Gasteiger partial charge in [-0.1, -0.05) is 66.2 Å². The van der Waals surface area contributed by atoms with Crippen LogP contribution in [0.4, 0.5) is 17.1 Å². The summed E-state index contributed by atoms with van der Waals surface area (Å²) in [5.41, 5.74) is 7.95. The van der Waals surface area contributed by atoms with Crippen LogP contribution in [0.3, 0.4) is 0 Å². The molecule has 1 atom stereocenters. The molecule has 1 N–H and O–H groups in total. The lowest BCUT2D eigenvalue weighted by molar-refractivity contribution is 0.377. The number of aryl methyl sites for hydroxylation is 3. The topological polar surface area (TPSA) is 49.4 Å². The fourth-order valence-corrected chi connectivity index (χ4v) is 6.14. The standard InChI is InChI=1S/C31H30N2O2/c1-20-12-16-24(17-13-20)32-28-29(31(35)30(28)34)33-18-6-9-23(19-33)27-25-10-4-2-7-21(25)14-15-22-8-3-5-11-26(22)27/h2-5,7-8,10-13,16-17,23,27,32H,6,9,14-15,18-19H2,1H3. The van der Waals surface area contributed by atoms with Crippen molar-refractivity contribution in [2.45, 2.75) is 38.5 Å². The lowest BCUT2D eigenvalue weighted by Gasteiger charge is -2.40. The van der Waals surface area contributed by atoms with E-state index in [0.717, 1.165) is 50.0 Å². The molecule has 4 aromatic rings. The van der Waals surface area contributed by atoms with Gasteiger partial charge in [0.1, 0.15) is 11.4 Å². The number of anilines is 3. The molecule has 6 rings (SSSR count). The average molecular weight is 463 g/mol. The van der Waals surface area contributed by atoms with E-state index < -0.39 is 5.43 Å². The third-order valence-electron chi connectivity index (χ3n) is 7.90. The maximum Gasteiger partial charge on any atom is 0.253 e. The highest BCUT2D eigenvalue weighted by Crippen LogP contribution is 2.43. The van der Waals surface area contributed by atoms with Crippen LogP contribution < -0.4 is 21.1 Å². The molecule has 1 saturated heterocycles. The highest BCUT2D eigenvalue weighted by Gasteiger charge is 2.36. The van der Waals surface area contributed by atoms with Gasteiger partial charge < -0.3 is 10.2 Å². The van der Waals surface area contributed by atoms with Crippen molar-refractivity contribution < 1.29 is 0 Å². The number of nitrogens with zero attached hydrogens (tertiary/aromatic N) is 1. The van der Waals surface area contributed by atoms with Crippen molar-refractivity contribution in [3.05, 3.63) is 121 Å². The Morgan fingerprint density at radius 1 is 0.800 bits per heavy atom. The van der Waals surface area contributed by atoms with Gasteiger partial charge in [0.05, 0.1) is 0 Å². The number of fused-ring (bicyclic) bond motifs is 2. The second kappa shape index (κ2) is 8.84. The summed E-state index contributed by atoms with van der Waals surface area (Å²) in [7, 11) is 0. The molecule has 0 aromatic heterocycles. The first-order chi connectivity index (χ1) is 17.1. The Morgan fingerprint density at radius 2 is 1.43 bits per heavy atom. The summed E-state index contributed by atoms with van der Waals surface area (Å²) < 4.78 is 0. The van der Waals surface area contributed by atoms with Gasteiger partial charge >= 0.3 is 0 Å². The molecule has 0 bridgehead atoms. The van der Waals surface area contributed by atoms with E-state index in [9.17, 15) is 9.59 Å². The van der Waals surface area contributed by atoms with Crippen molar-refractivity contribution in [3.8, 4) is 0 Å². The molecule has 1 fully saturated rings. The summed E-state index contributed by atoms with van der Waals surface area (Å²) in [6, 6.07) is 25.6. The maximum atomic E-state index is 12.8. The first-order valence-corrected chi connectivity index (χ1v) is 12.7. The van der Waals surface area contributed by atoms with E-state index in [2.05, 4.69) is 58.7 Å². The summed E-state index contributed by atoms with van der Waals surface area (Å²) in [4.78, 5) is 27.5. The van der Waals surface area contributed by atoms with Crippen molar-refractivity contribution in [2.75, 3.05) is 23.3 Å². The van der Waals surface area contributed by atoms with Gasteiger partial charge in [0.25, 0.3) is 10.9 Å². The molecular formula is C31H30N2O2. The molecule has 0 amide bonds. The zero-order valence-corrected chi connectivity index (χ0v) is 20.1. The Labute approximate surface area is 205 Å². The quantitative estimate of drug-likeness (QED) is 0.408. The molecule has 1 heterocycles. The number of hydrogen-bond acceptors (Lipinski definition) is 4. The van der Waals surface area contributed by atoms with Crippen LogP contribution in [0.5, 0.6) is 0 Å². The van der Waals surface area contributed by atoms with Crippen LogP contribution in [0, 0.1) is 12.8 Å². The van der Waals surface area contributed by atoms with E-state index in [1.807, 2.05) is 31.2 Å². The minimum atomic E-state index is -0.409. The van der Waals surface area contributed by atoms with Crippen LogP contribution in [0.15, 0.2) is 82.4 Å². The van der Waals surface area contributed by atoms with Crippen LogP contribution in [-0.2, 0) is 12.8 Å². The van der Waals surface area contributed by atoms with Crippen LogP contribution in [0.2, 0.25) is 0 Å². The van der Waals surface area contributed by atoms with Gasteiger partial charge in [-0.05, 0) is 72.9 Å². The predicted octanol–water partition coefficient (Wildman–Crippen LogP) is 5.48. The lowest BCUT2D eigenvalue weighted by Crippen LogP contribution is -2.47. The molecule has 176 valence electrons. The Hall–Kier alpha value is -3.66. The smallest absolute Gasteiger partial charge is 0.253 e. The SMILES string of the molecule is Cc1ccc(Nc2c(N3CCCC(C4c5ccccc5CCc5ccccc54)C3)c(=O)c2=O)cc1. The summed E-state index contributed by atoms with van der Waals surface area (Å²) in [6.45, 7) is 3.62. The zero-order chi connectivity index (χ0) is 23.9. The minimum Gasteiger partial charge on any atom is -0.366 e. The van der Waals surface area contributed by atoms with Crippen molar-refractivity contribution >= 4 is 17.1 Å². The monoisotopic (exact) mass is 462 g/mol. The van der Waals surface area contributed by atoms with Crippen molar-refractivity contribution in [1.29, 1.82) is 0 Å². The van der Waals surface area contributed by atoms with Crippen LogP contribution in [0.1, 0.15) is 46.6 Å². The largest absolute Gasteiger partial charge is 0.366 e. The number of hydrogen-bond donors (Lipinski definition) is 1. The van der Waals surface area contributed by atoms with Gasteiger partial charge in [-0.2, -0.15) is 0 Å². The molecule has 1 unspecified atom stereocenters. The predicted molar refractivity (Wildman–Crippen MR) is 143 cm³/mol. The summed E-state index contributed by atoms with van der Waals surface area (Å²) in [5.74, 6) is 0.675. The van der Waals surface area contributed by atoms with Gasteiger partial charge in [-0.3, -0.25) is 9.59 Å². The normalized spacial score (nSPS) is 18.1. The van der Waals surface area contributed by atoms with Crippen molar-refractivity contribution in [1.82, 2.24) is 0 Å². The first-order valence-electron chi connectivity index (χ1n) is 12.7. The Bertz CT molecular complexity index is 1400. The van der Waals surface area contributed by atoms with Gasteiger partial charge in [0, 0.05) is 24.7 Å². The van der Waals surface area contributed by atoms with E-state index >= 15 is 0 Å². The molecule has 1 aliphatic carbocycles. The average Bonchev–Trinajstić information content (AvgIpc) is 3.06. The molecule has 0 spiro atoms. The second-order valence-corrected chi connectivity index (χ2v) is 10.1. The van der Waals surface area contributed by atoms with Crippen molar-refractivity contribution in [2.24, 2.45) is 5.92 Å². The number of benzene rings is 3. The molecule has 1 aliphatic heterocycles. The van der Waals surface area contributed by atoms with Gasteiger partial charge in [-0.15, -0.1) is 0 Å². The second-order valence-electron chi connectivity index (χ2n) is 10.1. The van der Waals surface area contributed by atoms with Gasteiger partial charge in [0.2, 0.25) is 0 Å². The van der Waals surface area contributed by atoms with E-state index in [1.165, 1.54) is 22.3 Å².